The molecule has 1 aliphatic heterocycles. The number of ether oxygens (including phenoxy) is 1. The molecular formula is C13H13N3O4S. The van der Waals surface area contributed by atoms with Gasteiger partial charge in [-0.1, -0.05) is 12.1 Å². The SMILES string of the molecule is COC(=O)C1=C(C)NC(=S)N[C@@H]1c1cccc([N+](=O)[O-])c1. The summed E-state index contributed by atoms with van der Waals surface area (Å²) < 4.78 is 4.77. The number of esters is 1. The lowest BCUT2D eigenvalue weighted by Gasteiger charge is -2.29. The van der Waals surface area contributed by atoms with Gasteiger partial charge in [-0.15, -0.1) is 0 Å². The number of methoxy groups -OCH3 is 1. The monoisotopic (exact) mass is 307 g/mol. The highest BCUT2D eigenvalue weighted by Gasteiger charge is 2.31. The van der Waals surface area contributed by atoms with Crippen LogP contribution < -0.4 is 10.6 Å². The third-order valence-electron chi connectivity index (χ3n) is 3.09. The number of non-ortho nitro benzene ring substituents is 1. The van der Waals surface area contributed by atoms with Gasteiger partial charge in [-0.3, -0.25) is 10.1 Å². The second kappa shape index (κ2) is 5.88. The van der Waals surface area contributed by atoms with Gasteiger partial charge in [0.1, 0.15) is 0 Å². The Balaban J connectivity index is 2.51. The van der Waals surface area contributed by atoms with Crippen molar-refractivity contribution in [1.29, 1.82) is 0 Å². The van der Waals surface area contributed by atoms with Gasteiger partial charge in [0.15, 0.2) is 5.11 Å². The Labute approximate surface area is 126 Å². The van der Waals surface area contributed by atoms with E-state index in [4.69, 9.17) is 17.0 Å². The minimum atomic E-state index is -0.592. The number of allylic oxidation sites excluding steroid dienone is 1. The Hall–Kier alpha value is -2.48. The van der Waals surface area contributed by atoms with Crippen LogP contribution in [0.4, 0.5) is 5.69 Å². The van der Waals surface area contributed by atoms with Gasteiger partial charge in [-0.2, -0.15) is 0 Å². The quantitative estimate of drug-likeness (QED) is 0.379. The van der Waals surface area contributed by atoms with Crippen molar-refractivity contribution >= 4 is 29.0 Å². The molecule has 1 aliphatic rings. The van der Waals surface area contributed by atoms with E-state index in [1.165, 1.54) is 19.2 Å². The third-order valence-corrected chi connectivity index (χ3v) is 3.31. The van der Waals surface area contributed by atoms with Crippen LogP contribution >= 0.6 is 12.2 Å². The number of rotatable bonds is 3. The second-order valence-corrected chi connectivity index (χ2v) is 4.82. The summed E-state index contributed by atoms with van der Waals surface area (Å²) in [4.78, 5) is 22.3. The molecule has 0 saturated carbocycles. The molecule has 0 unspecified atom stereocenters. The van der Waals surface area contributed by atoms with Crippen molar-refractivity contribution in [3.8, 4) is 0 Å². The van der Waals surface area contributed by atoms with Gasteiger partial charge in [-0.25, -0.2) is 4.79 Å². The molecule has 2 N–H and O–H groups in total. The maximum atomic E-state index is 11.9. The van der Waals surface area contributed by atoms with Gasteiger partial charge in [0.05, 0.1) is 23.6 Å². The van der Waals surface area contributed by atoms with Crippen LogP contribution in [0, 0.1) is 10.1 Å². The summed E-state index contributed by atoms with van der Waals surface area (Å²) in [5.41, 5.74) is 1.40. The molecule has 0 aliphatic carbocycles. The summed E-state index contributed by atoms with van der Waals surface area (Å²) >= 11 is 5.08. The molecule has 8 heteroatoms. The summed E-state index contributed by atoms with van der Waals surface area (Å²) in [6.07, 6.45) is 0. The molecule has 7 nitrogen and oxygen atoms in total. The molecule has 1 heterocycles. The first-order chi connectivity index (χ1) is 9.93. The average Bonchev–Trinajstić information content (AvgIpc) is 2.45. The van der Waals surface area contributed by atoms with Crippen molar-refractivity contribution in [2.75, 3.05) is 7.11 Å². The lowest BCUT2D eigenvalue weighted by molar-refractivity contribution is -0.384. The zero-order valence-electron chi connectivity index (χ0n) is 11.4. The van der Waals surface area contributed by atoms with E-state index < -0.39 is 16.9 Å². The largest absolute Gasteiger partial charge is 0.466 e. The third kappa shape index (κ3) is 3.00. The zero-order chi connectivity index (χ0) is 15.6. The second-order valence-electron chi connectivity index (χ2n) is 4.41. The van der Waals surface area contributed by atoms with Crippen LogP contribution in [0.1, 0.15) is 18.5 Å². The Morgan fingerprint density at radius 1 is 1.48 bits per heavy atom. The number of hydrogen-bond acceptors (Lipinski definition) is 5. The smallest absolute Gasteiger partial charge is 0.337 e. The number of nitrogens with one attached hydrogen (secondary N) is 2. The van der Waals surface area contributed by atoms with Crippen LogP contribution in [0.15, 0.2) is 35.5 Å². The highest BCUT2D eigenvalue weighted by atomic mass is 32.1. The maximum Gasteiger partial charge on any atom is 0.337 e. The molecule has 0 saturated heterocycles. The van der Waals surface area contributed by atoms with Crippen molar-refractivity contribution in [2.45, 2.75) is 13.0 Å². The number of hydrogen-bond donors (Lipinski definition) is 2. The van der Waals surface area contributed by atoms with Gasteiger partial charge < -0.3 is 15.4 Å². The number of nitrogens with zero attached hydrogens (tertiary/aromatic N) is 1. The fourth-order valence-corrected chi connectivity index (χ4v) is 2.41. The van der Waals surface area contributed by atoms with E-state index >= 15 is 0 Å². The molecule has 1 atom stereocenters. The highest BCUT2D eigenvalue weighted by Crippen LogP contribution is 2.29. The fraction of sp³-hybridized carbons (Fsp3) is 0.231. The van der Waals surface area contributed by atoms with Crippen molar-refractivity contribution in [3.63, 3.8) is 0 Å². The first-order valence-corrected chi connectivity index (χ1v) is 6.46. The molecule has 1 aromatic carbocycles. The average molecular weight is 307 g/mol. The number of nitro benzene ring substituents is 1. The van der Waals surface area contributed by atoms with E-state index in [0.717, 1.165) is 0 Å². The number of carbonyl (C=O) groups excluding carboxylic acids is 1. The molecule has 0 radical (unpaired) electrons. The molecule has 2 rings (SSSR count). The first-order valence-electron chi connectivity index (χ1n) is 6.05. The van der Waals surface area contributed by atoms with E-state index in [1.807, 2.05) is 0 Å². The Kier molecular flexibility index (Phi) is 4.18. The Morgan fingerprint density at radius 3 is 2.81 bits per heavy atom. The summed E-state index contributed by atoms with van der Waals surface area (Å²) in [6.45, 7) is 1.70. The topological polar surface area (TPSA) is 93.5 Å². The molecular weight excluding hydrogens is 294 g/mol. The van der Waals surface area contributed by atoms with Gasteiger partial charge in [0.25, 0.3) is 5.69 Å². The summed E-state index contributed by atoms with van der Waals surface area (Å²) in [5.74, 6) is -0.522. The van der Waals surface area contributed by atoms with Gasteiger partial charge in [0, 0.05) is 17.8 Å². The van der Waals surface area contributed by atoms with E-state index in [9.17, 15) is 14.9 Å². The fourth-order valence-electron chi connectivity index (χ4n) is 2.14. The van der Waals surface area contributed by atoms with E-state index in [-0.39, 0.29) is 5.69 Å². The van der Waals surface area contributed by atoms with Crippen molar-refractivity contribution in [2.24, 2.45) is 0 Å². The molecule has 110 valence electrons. The van der Waals surface area contributed by atoms with Crippen molar-refractivity contribution in [1.82, 2.24) is 10.6 Å². The number of nitro groups is 1. The summed E-state index contributed by atoms with van der Waals surface area (Å²) in [5, 5.41) is 17.0. The minimum Gasteiger partial charge on any atom is -0.466 e. The van der Waals surface area contributed by atoms with Crippen LogP contribution in [0.25, 0.3) is 0 Å². The molecule has 0 aromatic heterocycles. The van der Waals surface area contributed by atoms with Crippen LogP contribution in [0.3, 0.4) is 0 Å². The molecule has 0 bridgehead atoms. The predicted octanol–water partition coefficient (Wildman–Crippen LogP) is 1.56. The molecule has 0 spiro atoms. The van der Waals surface area contributed by atoms with Crippen LogP contribution in [-0.2, 0) is 9.53 Å². The lowest BCUT2D eigenvalue weighted by atomic mass is 9.95. The van der Waals surface area contributed by atoms with E-state index in [1.54, 1.807) is 19.1 Å². The first kappa shape index (κ1) is 14.9. The predicted molar refractivity (Wildman–Crippen MR) is 79.4 cm³/mol. The van der Waals surface area contributed by atoms with Crippen molar-refractivity contribution < 1.29 is 14.5 Å². The molecule has 0 fully saturated rings. The van der Waals surface area contributed by atoms with E-state index in [2.05, 4.69) is 10.6 Å². The maximum absolute atomic E-state index is 11.9. The molecule has 0 amide bonds. The Morgan fingerprint density at radius 2 is 2.19 bits per heavy atom. The van der Waals surface area contributed by atoms with Gasteiger partial charge >= 0.3 is 5.97 Å². The van der Waals surface area contributed by atoms with Crippen molar-refractivity contribution in [3.05, 3.63) is 51.2 Å². The van der Waals surface area contributed by atoms with Crippen LogP contribution in [-0.4, -0.2) is 23.1 Å². The number of carbonyl (C=O) groups is 1. The zero-order valence-corrected chi connectivity index (χ0v) is 12.2. The van der Waals surface area contributed by atoms with Gasteiger partial charge in [0.2, 0.25) is 0 Å². The van der Waals surface area contributed by atoms with Crippen LogP contribution in [0.5, 0.6) is 0 Å². The Bertz CT molecular complexity index is 657. The number of benzene rings is 1. The minimum absolute atomic E-state index is 0.0550. The molecule has 21 heavy (non-hydrogen) atoms. The van der Waals surface area contributed by atoms with Gasteiger partial charge in [-0.05, 0) is 24.7 Å². The summed E-state index contributed by atoms with van der Waals surface area (Å²) in [7, 11) is 1.28. The summed E-state index contributed by atoms with van der Waals surface area (Å²) in [6, 6.07) is 5.45. The standard InChI is InChI=1S/C13H13N3O4S/c1-7-10(12(17)20-2)11(15-13(21)14-7)8-4-3-5-9(6-8)16(18)19/h3-6,11H,1-2H3,(H2,14,15,21)/t11-/m1/s1. The van der Waals surface area contributed by atoms with Crippen LogP contribution in [0.2, 0.25) is 0 Å². The van der Waals surface area contributed by atoms with E-state index in [0.29, 0.717) is 21.9 Å². The number of thiocarbonyl (C=S) groups is 1. The highest BCUT2D eigenvalue weighted by molar-refractivity contribution is 7.80. The normalized spacial score (nSPS) is 17.8. The lowest BCUT2D eigenvalue weighted by Crippen LogP contribution is -2.45. The molecule has 1 aromatic rings.